The predicted molar refractivity (Wildman–Crippen MR) is 84.1 cm³/mol. The van der Waals surface area contributed by atoms with E-state index in [2.05, 4.69) is 26.2 Å². The van der Waals surface area contributed by atoms with Crippen LogP contribution in [0.25, 0.3) is 0 Å². The zero-order valence-corrected chi connectivity index (χ0v) is 13.5. The Labute approximate surface area is 129 Å². The lowest BCUT2D eigenvalue weighted by Gasteiger charge is -2.02. The minimum Gasteiger partial charge on any atom is -0.298 e. The molecule has 0 atom stereocenters. The van der Waals surface area contributed by atoms with Crippen LogP contribution < -0.4 is 5.32 Å². The molecule has 0 aliphatic heterocycles. The van der Waals surface area contributed by atoms with Crippen LogP contribution in [0.15, 0.2) is 24.3 Å². The summed E-state index contributed by atoms with van der Waals surface area (Å²) in [6.45, 7) is 3.69. The molecule has 4 nitrogen and oxygen atoms in total. The van der Waals surface area contributed by atoms with Crippen molar-refractivity contribution in [2.75, 3.05) is 10.6 Å². The van der Waals surface area contributed by atoms with Crippen molar-refractivity contribution in [1.82, 2.24) is 4.98 Å². The highest BCUT2D eigenvalue weighted by Gasteiger charge is 2.16. The van der Waals surface area contributed by atoms with Crippen molar-refractivity contribution < 1.29 is 9.59 Å². The molecule has 1 aromatic heterocycles. The van der Waals surface area contributed by atoms with E-state index in [0.717, 1.165) is 5.56 Å². The van der Waals surface area contributed by atoms with E-state index in [1.54, 1.807) is 19.1 Å². The van der Waals surface area contributed by atoms with E-state index in [0.29, 0.717) is 21.3 Å². The number of alkyl halides is 1. The maximum Gasteiger partial charge on any atom is 0.257 e. The standard InChI is InChI=1S/C14H13BrN2O2S/c1-8-4-3-5-10(6-8)13(19)17-14-16-9(2)12(20-14)11(18)7-15/h3-6H,7H2,1-2H3,(H,16,17,19). The number of hydrogen-bond donors (Lipinski definition) is 1. The number of halogens is 1. The van der Waals surface area contributed by atoms with Gasteiger partial charge in [0.25, 0.3) is 5.91 Å². The molecule has 0 bridgehead atoms. The lowest BCUT2D eigenvalue weighted by Crippen LogP contribution is -2.11. The van der Waals surface area contributed by atoms with E-state index in [1.807, 2.05) is 19.1 Å². The third kappa shape index (κ3) is 3.32. The van der Waals surface area contributed by atoms with E-state index in [-0.39, 0.29) is 17.0 Å². The van der Waals surface area contributed by atoms with Gasteiger partial charge in [-0.1, -0.05) is 45.0 Å². The number of Topliss-reactive ketones (excluding diaryl/α,β-unsaturated/α-hetero) is 1. The fourth-order valence-corrected chi connectivity index (χ4v) is 3.09. The molecule has 20 heavy (non-hydrogen) atoms. The molecule has 6 heteroatoms. The highest BCUT2D eigenvalue weighted by atomic mass is 79.9. The molecule has 1 amide bonds. The van der Waals surface area contributed by atoms with Crippen molar-refractivity contribution in [3.8, 4) is 0 Å². The Morgan fingerprint density at radius 2 is 2.10 bits per heavy atom. The maximum absolute atomic E-state index is 12.1. The Kier molecular flexibility index (Phi) is 4.67. The molecule has 1 N–H and O–H groups in total. The second kappa shape index (κ2) is 6.28. The van der Waals surface area contributed by atoms with E-state index in [1.165, 1.54) is 11.3 Å². The van der Waals surface area contributed by atoms with Crippen molar-refractivity contribution in [2.24, 2.45) is 0 Å². The van der Waals surface area contributed by atoms with Crippen LogP contribution in [0.3, 0.4) is 0 Å². The average Bonchev–Trinajstić information content (AvgIpc) is 2.78. The number of hydrogen-bond acceptors (Lipinski definition) is 4. The van der Waals surface area contributed by atoms with E-state index < -0.39 is 0 Å². The molecule has 2 rings (SSSR count). The van der Waals surface area contributed by atoms with Crippen molar-refractivity contribution in [2.45, 2.75) is 13.8 Å². The van der Waals surface area contributed by atoms with Gasteiger partial charge in [-0.15, -0.1) is 0 Å². The summed E-state index contributed by atoms with van der Waals surface area (Å²) in [5.74, 6) is -0.253. The van der Waals surface area contributed by atoms with Gasteiger partial charge in [-0.25, -0.2) is 4.98 Å². The lowest BCUT2D eigenvalue weighted by atomic mass is 10.1. The van der Waals surface area contributed by atoms with Gasteiger partial charge in [0.1, 0.15) is 0 Å². The number of nitrogens with one attached hydrogen (secondary N) is 1. The second-order valence-electron chi connectivity index (χ2n) is 4.31. The Morgan fingerprint density at radius 3 is 2.75 bits per heavy atom. The number of benzene rings is 1. The Morgan fingerprint density at radius 1 is 1.35 bits per heavy atom. The zero-order valence-electron chi connectivity index (χ0n) is 11.1. The van der Waals surface area contributed by atoms with Gasteiger partial charge < -0.3 is 0 Å². The highest BCUT2D eigenvalue weighted by molar-refractivity contribution is 9.09. The number of rotatable bonds is 4. The third-order valence-corrected chi connectivity index (χ3v) is 4.30. The predicted octanol–water partition coefficient (Wildman–Crippen LogP) is 3.59. The molecule has 0 unspecified atom stereocenters. The first-order valence-corrected chi connectivity index (χ1v) is 7.89. The van der Waals surface area contributed by atoms with Crippen LogP contribution in [-0.2, 0) is 0 Å². The summed E-state index contributed by atoms with van der Waals surface area (Å²) in [7, 11) is 0. The topological polar surface area (TPSA) is 59.1 Å². The maximum atomic E-state index is 12.1. The summed E-state index contributed by atoms with van der Waals surface area (Å²) in [4.78, 5) is 28.5. The summed E-state index contributed by atoms with van der Waals surface area (Å²) < 4.78 is 0. The van der Waals surface area contributed by atoms with Crippen LogP contribution in [-0.4, -0.2) is 22.0 Å². The van der Waals surface area contributed by atoms with Crippen LogP contribution in [0.1, 0.15) is 31.3 Å². The number of nitrogens with zero attached hydrogens (tertiary/aromatic N) is 1. The molecule has 1 aromatic carbocycles. The van der Waals surface area contributed by atoms with Gasteiger partial charge in [0.2, 0.25) is 0 Å². The Hall–Kier alpha value is -1.53. The summed E-state index contributed by atoms with van der Waals surface area (Å²) in [5, 5.41) is 3.42. The number of ketones is 1. The largest absolute Gasteiger partial charge is 0.298 e. The van der Waals surface area contributed by atoms with Crippen LogP contribution >= 0.6 is 27.3 Å². The number of carbonyl (C=O) groups excluding carboxylic acids is 2. The van der Waals surface area contributed by atoms with Gasteiger partial charge in [-0.05, 0) is 26.0 Å². The molecule has 0 aliphatic carbocycles. The SMILES string of the molecule is Cc1cccc(C(=O)Nc2nc(C)c(C(=O)CBr)s2)c1. The lowest BCUT2D eigenvalue weighted by molar-refractivity contribution is 0.101. The highest BCUT2D eigenvalue weighted by Crippen LogP contribution is 2.24. The van der Waals surface area contributed by atoms with Gasteiger partial charge in [0, 0.05) is 5.56 Å². The fraction of sp³-hybridized carbons (Fsp3) is 0.214. The first kappa shape index (κ1) is 14.9. The van der Waals surface area contributed by atoms with Gasteiger partial charge in [-0.3, -0.25) is 14.9 Å². The van der Waals surface area contributed by atoms with Gasteiger partial charge in [0.05, 0.1) is 15.9 Å². The van der Waals surface area contributed by atoms with Crippen molar-refractivity contribution in [1.29, 1.82) is 0 Å². The van der Waals surface area contributed by atoms with E-state index >= 15 is 0 Å². The minimum absolute atomic E-state index is 0.0314. The number of carbonyl (C=O) groups is 2. The zero-order chi connectivity index (χ0) is 14.7. The monoisotopic (exact) mass is 352 g/mol. The molecular formula is C14H13BrN2O2S. The normalized spacial score (nSPS) is 10.3. The second-order valence-corrected chi connectivity index (χ2v) is 5.87. The fourth-order valence-electron chi connectivity index (χ4n) is 1.72. The average molecular weight is 353 g/mol. The molecule has 1 heterocycles. The molecule has 0 fully saturated rings. The quantitative estimate of drug-likeness (QED) is 0.675. The number of thiazole rings is 1. The minimum atomic E-state index is -0.222. The van der Waals surface area contributed by atoms with Crippen LogP contribution in [0.2, 0.25) is 0 Å². The first-order chi connectivity index (χ1) is 9.51. The Balaban J connectivity index is 2.18. The molecule has 0 spiro atoms. The van der Waals surface area contributed by atoms with Gasteiger partial charge in [-0.2, -0.15) is 0 Å². The summed E-state index contributed by atoms with van der Waals surface area (Å²) >= 11 is 4.33. The smallest absolute Gasteiger partial charge is 0.257 e. The van der Waals surface area contributed by atoms with Crippen LogP contribution in [0.4, 0.5) is 5.13 Å². The molecule has 0 radical (unpaired) electrons. The third-order valence-electron chi connectivity index (χ3n) is 2.67. The van der Waals surface area contributed by atoms with Gasteiger partial charge in [0.15, 0.2) is 10.9 Å². The molecule has 2 aromatic rings. The molecule has 0 saturated heterocycles. The van der Waals surface area contributed by atoms with E-state index in [4.69, 9.17) is 0 Å². The molecular weight excluding hydrogens is 340 g/mol. The van der Waals surface area contributed by atoms with Gasteiger partial charge >= 0.3 is 0 Å². The van der Waals surface area contributed by atoms with Crippen molar-refractivity contribution >= 4 is 44.1 Å². The van der Waals surface area contributed by atoms with Crippen molar-refractivity contribution in [3.63, 3.8) is 0 Å². The molecule has 0 saturated carbocycles. The Bertz CT molecular complexity index is 667. The van der Waals surface area contributed by atoms with Crippen LogP contribution in [0.5, 0.6) is 0 Å². The van der Waals surface area contributed by atoms with Crippen LogP contribution in [0, 0.1) is 13.8 Å². The number of anilines is 1. The molecule has 0 aliphatic rings. The number of aromatic nitrogens is 1. The van der Waals surface area contributed by atoms with E-state index in [9.17, 15) is 9.59 Å². The summed E-state index contributed by atoms with van der Waals surface area (Å²) in [6.07, 6.45) is 0. The first-order valence-electron chi connectivity index (χ1n) is 5.96. The number of aryl methyl sites for hydroxylation is 2. The van der Waals surface area contributed by atoms with Crippen molar-refractivity contribution in [3.05, 3.63) is 46.0 Å². The number of amides is 1. The molecule has 104 valence electrons. The summed E-state index contributed by atoms with van der Waals surface area (Å²) in [6, 6.07) is 7.31. The summed E-state index contributed by atoms with van der Waals surface area (Å²) in [5.41, 5.74) is 2.23.